The van der Waals surface area contributed by atoms with Crippen LogP contribution in [0, 0.1) is 0 Å². The number of rotatable bonds is 6. The summed E-state index contributed by atoms with van der Waals surface area (Å²) in [6.07, 6.45) is -3.21. The van der Waals surface area contributed by atoms with Crippen molar-refractivity contribution in [2.75, 3.05) is 27.2 Å². The molecule has 0 N–H and O–H groups in total. The molecule has 7 heteroatoms. The Bertz CT molecular complexity index is 560. The minimum absolute atomic E-state index is 0.0400. The minimum Gasteiger partial charge on any atom is -0.497 e. The van der Waals surface area contributed by atoms with Gasteiger partial charge in [-0.1, -0.05) is 12.1 Å². The lowest BCUT2D eigenvalue weighted by atomic mass is 10.0. The molecule has 0 aliphatic carbocycles. The number of nitrogens with zero attached hydrogens (tertiary/aromatic N) is 2. The molecule has 134 valence electrons. The van der Waals surface area contributed by atoms with Gasteiger partial charge in [0.25, 0.3) is 0 Å². The quantitative estimate of drug-likeness (QED) is 0.795. The molecule has 0 radical (unpaired) electrons. The number of amides is 1. The van der Waals surface area contributed by atoms with Crippen LogP contribution < -0.4 is 4.74 Å². The number of likely N-dealkylation sites (tertiary alicyclic amines) is 1. The van der Waals surface area contributed by atoms with E-state index < -0.39 is 24.7 Å². The molecule has 0 unspecified atom stereocenters. The molecule has 0 spiro atoms. The van der Waals surface area contributed by atoms with Crippen molar-refractivity contribution in [2.24, 2.45) is 0 Å². The van der Waals surface area contributed by atoms with E-state index in [0.717, 1.165) is 16.2 Å². The molecule has 4 nitrogen and oxygen atoms in total. The third-order valence-electron chi connectivity index (χ3n) is 4.52. The number of alkyl halides is 3. The van der Waals surface area contributed by atoms with Crippen LogP contribution in [0.4, 0.5) is 13.2 Å². The second-order valence-corrected chi connectivity index (χ2v) is 6.25. The average Bonchev–Trinajstić information content (AvgIpc) is 2.86. The van der Waals surface area contributed by atoms with Gasteiger partial charge < -0.3 is 9.64 Å². The fourth-order valence-corrected chi connectivity index (χ4v) is 3.03. The molecule has 1 aromatic carbocycles. The molecule has 1 fully saturated rings. The van der Waals surface area contributed by atoms with Gasteiger partial charge in [0.05, 0.1) is 13.2 Å². The predicted octanol–water partition coefficient (Wildman–Crippen LogP) is 2.72. The first kappa shape index (κ1) is 18.6. The summed E-state index contributed by atoms with van der Waals surface area (Å²) in [4.78, 5) is 15.0. The van der Waals surface area contributed by atoms with Crippen molar-refractivity contribution in [1.29, 1.82) is 0 Å². The summed E-state index contributed by atoms with van der Waals surface area (Å²) in [6, 6.07) is 7.20. The van der Waals surface area contributed by atoms with Crippen molar-refractivity contribution in [2.45, 2.75) is 38.0 Å². The Morgan fingerprint density at radius 2 is 1.96 bits per heavy atom. The molecule has 0 bridgehead atoms. The van der Waals surface area contributed by atoms with Crippen molar-refractivity contribution < 1.29 is 22.7 Å². The third-order valence-corrected chi connectivity index (χ3v) is 4.52. The summed E-state index contributed by atoms with van der Waals surface area (Å²) in [5.41, 5.74) is 1.09. The SMILES string of the molecule is COc1ccc(C[C@H](C)N(C)[C@H]2CCN(CC(F)(F)F)C2=O)cc1. The first-order chi connectivity index (χ1) is 11.2. The maximum Gasteiger partial charge on any atom is 0.406 e. The Morgan fingerprint density at radius 1 is 1.33 bits per heavy atom. The summed E-state index contributed by atoms with van der Waals surface area (Å²) in [6.45, 7) is 0.968. The maximum atomic E-state index is 12.5. The third kappa shape index (κ3) is 4.63. The highest BCUT2D eigenvalue weighted by atomic mass is 19.4. The van der Waals surface area contributed by atoms with E-state index in [1.807, 2.05) is 36.1 Å². The summed E-state index contributed by atoms with van der Waals surface area (Å²) >= 11 is 0. The number of carbonyl (C=O) groups excluding carboxylic acids is 1. The van der Waals surface area contributed by atoms with E-state index >= 15 is 0 Å². The van der Waals surface area contributed by atoms with Gasteiger partial charge in [0.2, 0.25) is 5.91 Å². The Morgan fingerprint density at radius 3 is 2.50 bits per heavy atom. The number of halogens is 3. The number of hydrogen-bond acceptors (Lipinski definition) is 3. The normalized spacial score (nSPS) is 19.9. The molecule has 1 heterocycles. The van der Waals surface area contributed by atoms with Gasteiger partial charge in [-0.25, -0.2) is 0 Å². The van der Waals surface area contributed by atoms with E-state index in [9.17, 15) is 18.0 Å². The molecule has 2 rings (SSSR count). The average molecular weight is 344 g/mol. The summed E-state index contributed by atoms with van der Waals surface area (Å²) < 4.78 is 42.6. The zero-order valence-corrected chi connectivity index (χ0v) is 14.1. The van der Waals surface area contributed by atoms with Crippen LogP contribution in [-0.4, -0.2) is 61.2 Å². The number of benzene rings is 1. The number of carbonyl (C=O) groups is 1. The van der Waals surface area contributed by atoms with Crippen LogP contribution in [-0.2, 0) is 11.2 Å². The van der Waals surface area contributed by atoms with Gasteiger partial charge in [-0.2, -0.15) is 13.2 Å². The van der Waals surface area contributed by atoms with Crippen molar-refractivity contribution in [3.8, 4) is 5.75 Å². The standard InChI is InChI=1S/C17H23F3N2O2/c1-12(10-13-4-6-14(24-3)7-5-13)21(2)15-8-9-22(16(15)23)11-17(18,19)20/h4-7,12,15H,8-11H2,1-3H3/t12-,15-/m0/s1. The molecular weight excluding hydrogens is 321 g/mol. The van der Waals surface area contributed by atoms with E-state index in [0.29, 0.717) is 12.8 Å². The van der Waals surface area contributed by atoms with E-state index in [1.165, 1.54) is 0 Å². The fraction of sp³-hybridized carbons (Fsp3) is 0.588. The highest BCUT2D eigenvalue weighted by molar-refractivity contribution is 5.84. The summed E-state index contributed by atoms with van der Waals surface area (Å²) in [7, 11) is 3.40. The van der Waals surface area contributed by atoms with E-state index in [4.69, 9.17) is 4.74 Å². The Balaban J connectivity index is 1.95. The number of ether oxygens (including phenoxy) is 1. The van der Waals surface area contributed by atoms with E-state index in [2.05, 4.69) is 0 Å². The van der Waals surface area contributed by atoms with Gasteiger partial charge >= 0.3 is 6.18 Å². The van der Waals surface area contributed by atoms with E-state index in [1.54, 1.807) is 14.2 Å². The van der Waals surface area contributed by atoms with Crippen LogP contribution >= 0.6 is 0 Å². The smallest absolute Gasteiger partial charge is 0.406 e. The monoisotopic (exact) mass is 344 g/mol. The van der Waals surface area contributed by atoms with Crippen LogP contribution in [0.2, 0.25) is 0 Å². The van der Waals surface area contributed by atoms with Gasteiger partial charge in [-0.15, -0.1) is 0 Å². The van der Waals surface area contributed by atoms with Crippen molar-refractivity contribution in [3.63, 3.8) is 0 Å². The van der Waals surface area contributed by atoms with Crippen LogP contribution in [0.15, 0.2) is 24.3 Å². The molecule has 1 aromatic rings. The molecule has 1 aliphatic heterocycles. The summed E-state index contributed by atoms with van der Waals surface area (Å²) in [5.74, 6) is 0.338. The fourth-order valence-electron chi connectivity index (χ4n) is 3.03. The van der Waals surface area contributed by atoms with Crippen molar-refractivity contribution in [3.05, 3.63) is 29.8 Å². The topological polar surface area (TPSA) is 32.8 Å². The predicted molar refractivity (Wildman–Crippen MR) is 85.0 cm³/mol. The Labute approximate surface area is 140 Å². The molecule has 24 heavy (non-hydrogen) atoms. The van der Waals surface area contributed by atoms with Gasteiger partial charge in [0, 0.05) is 12.6 Å². The lowest BCUT2D eigenvalue weighted by Gasteiger charge is -2.30. The minimum atomic E-state index is -4.35. The van der Waals surface area contributed by atoms with Crippen LogP contribution in [0.25, 0.3) is 0 Å². The Kier molecular flexibility index (Phi) is 5.74. The molecule has 0 aromatic heterocycles. The molecule has 2 atom stereocenters. The molecular formula is C17H23F3N2O2. The zero-order chi connectivity index (χ0) is 17.9. The lowest BCUT2D eigenvalue weighted by Crippen LogP contribution is -2.46. The number of likely N-dealkylation sites (N-methyl/N-ethyl adjacent to an activating group) is 1. The maximum absolute atomic E-state index is 12.5. The second kappa shape index (κ2) is 7.42. The highest BCUT2D eigenvalue weighted by Crippen LogP contribution is 2.24. The van der Waals surface area contributed by atoms with Gasteiger partial charge in [0.15, 0.2) is 0 Å². The zero-order valence-electron chi connectivity index (χ0n) is 14.1. The van der Waals surface area contributed by atoms with Crippen LogP contribution in [0.1, 0.15) is 18.9 Å². The molecule has 1 saturated heterocycles. The van der Waals surface area contributed by atoms with Gasteiger partial charge in [0.1, 0.15) is 12.3 Å². The van der Waals surface area contributed by atoms with Crippen molar-refractivity contribution in [1.82, 2.24) is 9.80 Å². The highest BCUT2D eigenvalue weighted by Gasteiger charge is 2.41. The number of methoxy groups -OCH3 is 1. The van der Waals surface area contributed by atoms with Crippen LogP contribution in [0.5, 0.6) is 5.75 Å². The Hall–Kier alpha value is -1.76. The number of hydrogen-bond donors (Lipinski definition) is 0. The first-order valence-electron chi connectivity index (χ1n) is 7.91. The molecule has 0 saturated carbocycles. The van der Waals surface area contributed by atoms with E-state index in [-0.39, 0.29) is 12.6 Å². The summed E-state index contributed by atoms with van der Waals surface area (Å²) in [5, 5.41) is 0. The van der Waals surface area contributed by atoms with Crippen molar-refractivity contribution >= 4 is 5.91 Å². The first-order valence-corrected chi connectivity index (χ1v) is 7.91. The molecule has 1 aliphatic rings. The largest absolute Gasteiger partial charge is 0.497 e. The van der Waals surface area contributed by atoms with Crippen LogP contribution in [0.3, 0.4) is 0 Å². The second-order valence-electron chi connectivity index (χ2n) is 6.25. The molecule has 1 amide bonds. The lowest BCUT2D eigenvalue weighted by molar-refractivity contribution is -0.159. The van der Waals surface area contributed by atoms with Gasteiger partial charge in [-0.05, 0) is 44.5 Å². The van der Waals surface area contributed by atoms with Gasteiger partial charge in [-0.3, -0.25) is 9.69 Å².